The second-order valence-electron chi connectivity index (χ2n) is 4.39. The van der Waals surface area contributed by atoms with E-state index in [9.17, 15) is 4.39 Å². The van der Waals surface area contributed by atoms with Gasteiger partial charge in [-0.1, -0.05) is 13.0 Å². The first-order valence-corrected chi connectivity index (χ1v) is 7.08. The number of hydrogen-bond donors (Lipinski definition) is 0. The number of rotatable bonds is 7. The van der Waals surface area contributed by atoms with Gasteiger partial charge in [-0.05, 0) is 25.0 Å². The van der Waals surface area contributed by atoms with E-state index in [0.29, 0.717) is 30.0 Å². The Labute approximate surface area is 117 Å². The van der Waals surface area contributed by atoms with Gasteiger partial charge in [-0.25, -0.2) is 9.37 Å². The predicted octanol–water partition coefficient (Wildman–Crippen LogP) is 3.73. The second-order valence-corrected chi connectivity index (χ2v) is 4.65. The molecule has 0 saturated carbocycles. The minimum atomic E-state index is -0.254. The summed E-state index contributed by atoms with van der Waals surface area (Å²) in [6, 6.07) is 4.92. The zero-order chi connectivity index (χ0) is 13.7. The Morgan fingerprint density at radius 3 is 2.95 bits per heavy atom. The van der Waals surface area contributed by atoms with Crippen LogP contribution in [0.15, 0.2) is 18.2 Å². The summed E-state index contributed by atoms with van der Waals surface area (Å²) in [6.07, 6.45) is 1.83. The third-order valence-corrected chi connectivity index (χ3v) is 3.17. The molecule has 0 unspecified atom stereocenters. The Bertz CT molecular complexity index is 541. The molecule has 0 atom stereocenters. The van der Waals surface area contributed by atoms with Crippen LogP contribution in [0.25, 0.3) is 11.0 Å². The van der Waals surface area contributed by atoms with Crippen molar-refractivity contribution in [3.63, 3.8) is 0 Å². The minimum Gasteiger partial charge on any atom is -0.381 e. The van der Waals surface area contributed by atoms with Crippen LogP contribution >= 0.6 is 11.6 Å². The van der Waals surface area contributed by atoms with Crippen molar-refractivity contribution in [3.8, 4) is 0 Å². The number of para-hydroxylation sites is 1. The third-order valence-electron chi connectivity index (χ3n) is 2.93. The molecule has 0 bridgehead atoms. The van der Waals surface area contributed by atoms with Gasteiger partial charge >= 0.3 is 0 Å². The highest BCUT2D eigenvalue weighted by atomic mass is 35.5. The van der Waals surface area contributed by atoms with Gasteiger partial charge < -0.3 is 9.30 Å². The quantitative estimate of drug-likeness (QED) is 0.572. The van der Waals surface area contributed by atoms with Crippen LogP contribution in [0, 0.1) is 5.82 Å². The molecule has 0 aliphatic rings. The van der Waals surface area contributed by atoms with E-state index in [-0.39, 0.29) is 11.7 Å². The number of imidazole rings is 1. The Balaban J connectivity index is 2.15. The lowest BCUT2D eigenvalue weighted by atomic mass is 10.3. The van der Waals surface area contributed by atoms with Crippen LogP contribution in [0.1, 0.15) is 25.6 Å². The molecule has 1 heterocycles. The van der Waals surface area contributed by atoms with E-state index in [0.717, 1.165) is 19.4 Å². The average molecular weight is 285 g/mol. The molecule has 0 aliphatic heterocycles. The van der Waals surface area contributed by atoms with E-state index in [4.69, 9.17) is 16.3 Å². The van der Waals surface area contributed by atoms with Crippen LogP contribution in [-0.4, -0.2) is 22.8 Å². The lowest BCUT2D eigenvalue weighted by molar-refractivity contribution is 0.129. The Hall–Kier alpha value is -1.13. The van der Waals surface area contributed by atoms with Crippen molar-refractivity contribution in [2.75, 3.05) is 13.2 Å². The van der Waals surface area contributed by atoms with Gasteiger partial charge in [0.25, 0.3) is 0 Å². The fourth-order valence-electron chi connectivity index (χ4n) is 2.10. The van der Waals surface area contributed by atoms with Crippen molar-refractivity contribution in [2.45, 2.75) is 32.2 Å². The molecule has 2 aromatic rings. The summed E-state index contributed by atoms with van der Waals surface area (Å²) in [5.74, 6) is 0.734. The molecule has 3 nitrogen and oxygen atoms in total. The van der Waals surface area contributed by atoms with Crippen LogP contribution in [0.5, 0.6) is 0 Å². The van der Waals surface area contributed by atoms with Crippen LogP contribution in [0.2, 0.25) is 0 Å². The van der Waals surface area contributed by atoms with Crippen LogP contribution in [-0.2, 0) is 17.2 Å². The molecule has 5 heteroatoms. The zero-order valence-corrected chi connectivity index (χ0v) is 11.8. The first kappa shape index (κ1) is 14.3. The van der Waals surface area contributed by atoms with Crippen molar-refractivity contribution in [1.82, 2.24) is 9.55 Å². The fourth-order valence-corrected chi connectivity index (χ4v) is 2.31. The van der Waals surface area contributed by atoms with Crippen LogP contribution < -0.4 is 0 Å². The number of fused-ring (bicyclic) bond motifs is 1. The summed E-state index contributed by atoms with van der Waals surface area (Å²) in [5, 5.41) is 0. The van der Waals surface area contributed by atoms with E-state index < -0.39 is 0 Å². The molecule has 0 aliphatic carbocycles. The summed E-state index contributed by atoms with van der Waals surface area (Å²) in [7, 11) is 0. The van der Waals surface area contributed by atoms with E-state index in [1.165, 1.54) is 6.07 Å². The molecule has 0 fully saturated rings. The summed E-state index contributed by atoms with van der Waals surface area (Å²) in [6.45, 7) is 4.18. The highest BCUT2D eigenvalue weighted by Gasteiger charge is 2.13. The standard InChI is InChI=1S/C14H18ClFN2O/c1-2-8-19-9-4-7-18-13(10-15)17-12-6-3-5-11(16)14(12)18/h3,5-6H,2,4,7-10H2,1H3. The minimum absolute atomic E-state index is 0.254. The maximum atomic E-state index is 13.9. The van der Waals surface area contributed by atoms with Gasteiger partial charge in [0.1, 0.15) is 17.2 Å². The summed E-state index contributed by atoms with van der Waals surface area (Å²) >= 11 is 5.88. The fraction of sp³-hybridized carbons (Fsp3) is 0.500. The number of aromatic nitrogens is 2. The van der Waals surface area contributed by atoms with Crippen molar-refractivity contribution in [3.05, 3.63) is 29.8 Å². The number of nitrogens with zero attached hydrogens (tertiary/aromatic N) is 2. The van der Waals surface area contributed by atoms with Gasteiger partial charge in [-0.15, -0.1) is 11.6 Å². The number of aryl methyl sites for hydroxylation is 1. The van der Waals surface area contributed by atoms with Crippen molar-refractivity contribution in [1.29, 1.82) is 0 Å². The smallest absolute Gasteiger partial charge is 0.149 e. The molecule has 1 aromatic carbocycles. The highest BCUT2D eigenvalue weighted by molar-refractivity contribution is 6.16. The van der Waals surface area contributed by atoms with Crippen molar-refractivity contribution < 1.29 is 9.13 Å². The van der Waals surface area contributed by atoms with E-state index in [2.05, 4.69) is 11.9 Å². The molecule has 0 spiro atoms. The first-order chi connectivity index (χ1) is 9.27. The SMILES string of the molecule is CCCOCCCn1c(CCl)nc2cccc(F)c21. The van der Waals surface area contributed by atoms with Gasteiger partial charge in [0.15, 0.2) is 0 Å². The molecule has 0 saturated heterocycles. The van der Waals surface area contributed by atoms with Gasteiger partial charge in [0.05, 0.1) is 11.4 Å². The van der Waals surface area contributed by atoms with Crippen LogP contribution in [0.4, 0.5) is 4.39 Å². The summed E-state index contributed by atoms with van der Waals surface area (Å²) in [5.41, 5.74) is 1.19. The van der Waals surface area contributed by atoms with Crippen molar-refractivity contribution in [2.24, 2.45) is 0 Å². The lowest BCUT2D eigenvalue weighted by Crippen LogP contribution is -2.07. The third kappa shape index (κ3) is 3.25. The second kappa shape index (κ2) is 6.87. The number of halogens is 2. The largest absolute Gasteiger partial charge is 0.381 e. The molecule has 0 amide bonds. The molecule has 2 rings (SSSR count). The summed E-state index contributed by atoms with van der Waals surface area (Å²) in [4.78, 5) is 4.36. The maximum Gasteiger partial charge on any atom is 0.149 e. The van der Waals surface area contributed by atoms with Gasteiger partial charge in [0, 0.05) is 19.8 Å². The normalized spacial score (nSPS) is 11.3. The Morgan fingerprint density at radius 2 is 2.21 bits per heavy atom. The van der Waals surface area contributed by atoms with Gasteiger partial charge in [0.2, 0.25) is 0 Å². The number of alkyl halides is 1. The van der Waals surface area contributed by atoms with E-state index >= 15 is 0 Å². The predicted molar refractivity (Wildman–Crippen MR) is 75.0 cm³/mol. The number of benzene rings is 1. The number of hydrogen-bond acceptors (Lipinski definition) is 2. The number of ether oxygens (including phenoxy) is 1. The van der Waals surface area contributed by atoms with Gasteiger partial charge in [-0.3, -0.25) is 0 Å². The molecule has 0 radical (unpaired) electrons. The van der Waals surface area contributed by atoms with Gasteiger partial charge in [-0.2, -0.15) is 0 Å². The molecule has 0 N–H and O–H groups in total. The van der Waals surface area contributed by atoms with E-state index in [1.54, 1.807) is 12.1 Å². The maximum absolute atomic E-state index is 13.9. The Morgan fingerprint density at radius 1 is 1.37 bits per heavy atom. The van der Waals surface area contributed by atoms with Crippen LogP contribution in [0.3, 0.4) is 0 Å². The topological polar surface area (TPSA) is 27.1 Å². The Kier molecular flexibility index (Phi) is 5.16. The lowest BCUT2D eigenvalue weighted by Gasteiger charge is -2.08. The molecule has 19 heavy (non-hydrogen) atoms. The highest BCUT2D eigenvalue weighted by Crippen LogP contribution is 2.21. The average Bonchev–Trinajstić information content (AvgIpc) is 2.78. The first-order valence-electron chi connectivity index (χ1n) is 6.55. The molecular formula is C14H18ClFN2O. The monoisotopic (exact) mass is 284 g/mol. The summed E-state index contributed by atoms with van der Waals surface area (Å²) < 4.78 is 21.2. The molecule has 1 aromatic heterocycles. The van der Waals surface area contributed by atoms with Crippen molar-refractivity contribution >= 4 is 22.6 Å². The van der Waals surface area contributed by atoms with E-state index in [1.807, 2.05) is 4.57 Å². The molecular weight excluding hydrogens is 267 g/mol. The molecule has 104 valence electrons. The zero-order valence-electron chi connectivity index (χ0n) is 11.0.